The predicted octanol–water partition coefficient (Wildman–Crippen LogP) is 3.66. The Morgan fingerprint density at radius 1 is 1.16 bits per heavy atom. The molecule has 0 spiro atoms. The quantitative estimate of drug-likeness (QED) is 0.688. The minimum Gasteiger partial charge on any atom is -0.497 e. The fourth-order valence-electron chi connectivity index (χ4n) is 2.31. The Morgan fingerprint density at radius 3 is 2.48 bits per heavy atom. The molecule has 2 rings (SSSR count). The van der Waals surface area contributed by atoms with Crippen LogP contribution in [-0.2, 0) is 16.1 Å². The van der Waals surface area contributed by atoms with Crippen LogP contribution in [0.3, 0.4) is 0 Å². The first-order valence-electron chi connectivity index (χ1n) is 7.75. The van der Waals surface area contributed by atoms with E-state index in [-0.39, 0.29) is 5.91 Å². The second kappa shape index (κ2) is 8.67. The SMILES string of the molecule is COc1ccc(Br)c(C(=O)O[C@@H](C)C(=O)N(C)Cc2ccccc2)c1. The number of carbonyl (C=O) groups excluding carboxylic acids is 2. The van der Waals surface area contributed by atoms with Crippen LogP contribution in [0.5, 0.6) is 5.75 Å². The van der Waals surface area contributed by atoms with Crippen molar-refractivity contribution in [2.45, 2.75) is 19.6 Å². The molecule has 0 aliphatic rings. The topological polar surface area (TPSA) is 55.8 Å². The van der Waals surface area contributed by atoms with Crippen LogP contribution in [0.15, 0.2) is 53.0 Å². The zero-order valence-electron chi connectivity index (χ0n) is 14.4. The smallest absolute Gasteiger partial charge is 0.340 e. The largest absolute Gasteiger partial charge is 0.497 e. The molecule has 1 amide bonds. The second-order valence-electron chi connectivity index (χ2n) is 5.57. The van der Waals surface area contributed by atoms with Crippen LogP contribution in [0.25, 0.3) is 0 Å². The van der Waals surface area contributed by atoms with Gasteiger partial charge in [0.1, 0.15) is 5.75 Å². The maximum atomic E-state index is 12.4. The summed E-state index contributed by atoms with van der Waals surface area (Å²) in [6.07, 6.45) is -0.890. The molecule has 2 aromatic carbocycles. The second-order valence-corrected chi connectivity index (χ2v) is 6.43. The number of likely N-dealkylation sites (N-methyl/N-ethyl adjacent to an activating group) is 1. The Morgan fingerprint density at radius 2 is 1.84 bits per heavy atom. The lowest BCUT2D eigenvalue weighted by Crippen LogP contribution is -2.37. The van der Waals surface area contributed by atoms with Gasteiger partial charge in [-0.25, -0.2) is 4.79 Å². The van der Waals surface area contributed by atoms with E-state index in [2.05, 4.69) is 15.9 Å². The van der Waals surface area contributed by atoms with Gasteiger partial charge in [-0.05, 0) is 46.6 Å². The molecule has 0 unspecified atom stereocenters. The lowest BCUT2D eigenvalue weighted by molar-refractivity contribution is -0.139. The summed E-state index contributed by atoms with van der Waals surface area (Å²) in [5.41, 5.74) is 1.32. The molecule has 25 heavy (non-hydrogen) atoms. The average Bonchev–Trinajstić information content (AvgIpc) is 2.62. The number of hydrogen-bond acceptors (Lipinski definition) is 4. The minimum atomic E-state index is -0.890. The highest BCUT2D eigenvalue weighted by Gasteiger charge is 2.23. The first-order chi connectivity index (χ1) is 11.9. The average molecular weight is 406 g/mol. The molecule has 132 valence electrons. The Hall–Kier alpha value is -2.34. The molecule has 0 aliphatic carbocycles. The van der Waals surface area contributed by atoms with Crippen molar-refractivity contribution in [3.05, 3.63) is 64.1 Å². The Bertz CT molecular complexity index is 748. The van der Waals surface area contributed by atoms with Crippen molar-refractivity contribution in [3.8, 4) is 5.75 Å². The van der Waals surface area contributed by atoms with Gasteiger partial charge in [-0.1, -0.05) is 30.3 Å². The molecule has 0 saturated carbocycles. The number of rotatable bonds is 6. The Labute approximate surface area is 155 Å². The molecular formula is C19H20BrNO4. The summed E-state index contributed by atoms with van der Waals surface area (Å²) in [7, 11) is 3.20. The zero-order chi connectivity index (χ0) is 18.4. The number of benzene rings is 2. The van der Waals surface area contributed by atoms with Crippen LogP contribution in [-0.4, -0.2) is 37.0 Å². The summed E-state index contributed by atoms with van der Waals surface area (Å²) in [6, 6.07) is 14.6. The number of hydrogen-bond donors (Lipinski definition) is 0. The van der Waals surface area contributed by atoms with E-state index in [4.69, 9.17) is 9.47 Å². The first-order valence-corrected chi connectivity index (χ1v) is 8.55. The van der Waals surface area contributed by atoms with Gasteiger partial charge >= 0.3 is 5.97 Å². The first kappa shape index (κ1) is 19.0. The van der Waals surface area contributed by atoms with Gasteiger partial charge in [0.05, 0.1) is 12.7 Å². The monoisotopic (exact) mass is 405 g/mol. The van der Waals surface area contributed by atoms with E-state index in [0.717, 1.165) is 5.56 Å². The van der Waals surface area contributed by atoms with Crippen LogP contribution in [0.4, 0.5) is 0 Å². The number of ether oxygens (including phenoxy) is 2. The fourth-order valence-corrected chi connectivity index (χ4v) is 2.72. The van der Waals surface area contributed by atoms with Crippen molar-refractivity contribution in [1.82, 2.24) is 4.90 Å². The molecule has 1 atom stereocenters. The number of carbonyl (C=O) groups is 2. The van der Waals surface area contributed by atoms with Gasteiger partial charge in [0, 0.05) is 18.1 Å². The van der Waals surface area contributed by atoms with Crippen LogP contribution in [0.1, 0.15) is 22.8 Å². The van der Waals surface area contributed by atoms with Gasteiger partial charge in [-0.3, -0.25) is 4.79 Å². The molecule has 6 heteroatoms. The third-order valence-electron chi connectivity index (χ3n) is 3.66. The third-order valence-corrected chi connectivity index (χ3v) is 4.36. The Kier molecular flexibility index (Phi) is 6.58. The van der Waals surface area contributed by atoms with E-state index in [9.17, 15) is 9.59 Å². The molecule has 0 aromatic heterocycles. The molecule has 5 nitrogen and oxygen atoms in total. The van der Waals surface area contributed by atoms with Crippen molar-refractivity contribution in [3.63, 3.8) is 0 Å². The summed E-state index contributed by atoms with van der Waals surface area (Å²) >= 11 is 3.31. The summed E-state index contributed by atoms with van der Waals surface area (Å²) in [5, 5.41) is 0. The van der Waals surface area contributed by atoms with Crippen LogP contribution < -0.4 is 4.74 Å². The van der Waals surface area contributed by atoms with E-state index >= 15 is 0 Å². The van der Waals surface area contributed by atoms with Gasteiger partial charge in [0.25, 0.3) is 5.91 Å². The lowest BCUT2D eigenvalue weighted by atomic mass is 10.2. The molecule has 0 radical (unpaired) electrons. The van der Waals surface area contributed by atoms with Crippen molar-refractivity contribution in [1.29, 1.82) is 0 Å². The molecular weight excluding hydrogens is 386 g/mol. The van der Waals surface area contributed by atoms with E-state index in [1.807, 2.05) is 30.3 Å². The summed E-state index contributed by atoms with van der Waals surface area (Å²) in [6.45, 7) is 2.01. The van der Waals surface area contributed by atoms with E-state index in [0.29, 0.717) is 22.3 Å². The third kappa shape index (κ3) is 5.06. The van der Waals surface area contributed by atoms with Crippen LogP contribution >= 0.6 is 15.9 Å². The van der Waals surface area contributed by atoms with Gasteiger partial charge in [0.2, 0.25) is 0 Å². The van der Waals surface area contributed by atoms with Crippen LogP contribution in [0.2, 0.25) is 0 Å². The number of nitrogens with zero attached hydrogens (tertiary/aromatic N) is 1. The maximum Gasteiger partial charge on any atom is 0.340 e. The van der Waals surface area contributed by atoms with Gasteiger partial charge in [-0.15, -0.1) is 0 Å². The molecule has 0 N–H and O–H groups in total. The van der Waals surface area contributed by atoms with Crippen molar-refractivity contribution >= 4 is 27.8 Å². The molecule has 0 heterocycles. The summed E-state index contributed by atoms with van der Waals surface area (Å²) in [4.78, 5) is 26.3. The predicted molar refractivity (Wildman–Crippen MR) is 98.5 cm³/mol. The van der Waals surface area contributed by atoms with E-state index in [1.165, 1.54) is 12.0 Å². The van der Waals surface area contributed by atoms with Crippen molar-refractivity contribution in [2.24, 2.45) is 0 Å². The number of amides is 1. The summed E-state index contributed by atoms with van der Waals surface area (Å²) < 4.78 is 11.0. The molecule has 0 aliphatic heterocycles. The highest BCUT2D eigenvalue weighted by Crippen LogP contribution is 2.23. The minimum absolute atomic E-state index is 0.267. The van der Waals surface area contributed by atoms with E-state index in [1.54, 1.807) is 32.2 Å². The Balaban J connectivity index is 2.01. The van der Waals surface area contributed by atoms with Crippen LogP contribution in [0, 0.1) is 0 Å². The zero-order valence-corrected chi connectivity index (χ0v) is 15.9. The van der Waals surface area contributed by atoms with Gasteiger partial charge < -0.3 is 14.4 Å². The normalized spacial score (nSPS) is 11.5. The van der Waals surface area contributed by atoms with E-state index < -0.39 is 12.1 Å². The number of esters is 1. The summed E-state index contributed by atoms with van der Waals surface area (Å²) in [5.74, 6) is -0.314. The standard InChI is InChI=1S/C19H20BrNO4/c1-13(18(22)21(2)12-14-7-5-4-6-8-14)25-19(23)16-11-15(24-3)9-10-17(16)20/h4-11,13H,12H2,1-3H3/t13-/m0/s1. The van der Waals surface area contributed by atoms with Gasteiger partial charge in [-0.2, -0.15) is 0 Å². The number of methoxy groups -OCH3 is 1. The van der Waals surface area contributed by atoms with Crippen molar-refractivity contribution in [2.75, 3.05) is 14.2 Å². The van der Waals surface area contributed by atoms with Gasteiger partial charge in [0.15, 0.2) is 6.10 Å². The highest BCUT2D eigenvalue weighted by atomic mass is 79.9. The fraction of sp³-hybridized carbons (Fsp3) is 0.263. The van der Waals surface area contributed by atoms with Crippen molar-refractivity contribution < 1.29 is 19.1 Å². The molecule has 2 aromatic rings. The number of halogens is 1. The molecule has 0 fully saturated rings. The molecule has 0 bridgehead atoms. The lowest BCUT2D eigenvalue weighted by Gasteiger charge is -2.21. The maximum absolute atomic E-state index is 12.4. The molecule has 0 saturated heterocycles. The highest BCUT2D eigenvalue weighted by molar-refractivity contribution is 9.10.